The Hall–Kier alpha value is -3.52. The van der Waals surface area contributed by atoms with E-state index in [2.05, 4.69) is 5.10 Å². The van der Waals surface area contributed by atoms with E-state index in [4.69, 9.17) is 4.74 Å². The first-order valence-corrected chi connectivity index (χ1v) is 9.78. The Bertz CT molecular complexity index is 1060. The molecule has 3 aromatic rings. The van der Waals surface area contributed by atoms with E-state index < -0.39 is 4.92 Å². The number of nitro groups is 1. The molecule has 4 rings (SSSR count). The summed E-state index contributed by atoms with van der Waals surface area (Å²) in [5, 5.41) is 18.9. The average Bonchev–Trinajstić information content (AvgIpc) is 3.43. The molecule has 7 nitrogen and oxygen atoms in total. The van der Waals surface area contributed by atoms with Crippen LogP contribution in [0.4, 0.5) is 5.69 Å². The highest BCUT2D eigenvalue weighted by Gasteiger charge is 2.34. The summed E-state index contributed by atoms with van der Waals surface area (Å²) in [6, 6.07) is 16.8. The first kappa shape index (κ1) is 18.8. The number of ether oxygens (including phenoxy) is 1. The van der Waals surface area contributed by atoms with Gasteiger partial charge in [-0.1, -0.05) is 18.2 Å². The molecule has 0 fully saturated rings. The molecule has 1 aliphatic heterocycles. The Morgan fingerprint density at radius 3 is 2.48 bits per heavy atom. The predicted molar refractivity (Wildman–Crippen MR) is 110 cm³/mol. The molecule has 0 radical (unpaired) electrons. The number of nitro benzene ring substituents is 1. The Kier molecular flexibility index (Phi) is 5.09. The maximum atomic E-state index is 13.2. The van der Waals surface area contributed by atoms with Gasteiger partial charge in [-0.05, 0) is 41.3 Å². The second-order valence-electron chi connectivity index (χ2n) is 6.47. The first-order chi connectivity index (χ1) is 14.1. The van der Waals surface area contributed by atoms with Gasteiger partial charge in [0.05, 0.1) is 28.7 Å². The number of thiophene rings is 1. The van der Waals surface area contributed by atoms with E-state index >= 15 is 0 Å². The van der Waals surface area contributed by atoms with Crippen molar-refractivity contribution in [1.82, 2.24) is 5.01 Å². The SMILES string of the molecule is COc1ccc(C2CC(c3cccs3)=NN2C(=O)c2ccc([N+](=O)[O-])cc2)cc1. The van der Waals surface area contributed by atoms with Gasteiger partial charge in [-0.2, -0.15) is 5.10 Å². The molecule has 29 heavy (non-hydrogen) atoms. The third-order valence-electron chi connectivity index (χ3n) is 4.75. The van der Waals surface area contributed by atoms with Crippen molar-refractivity contribution in [3.63, 3.8) is 0 Å². The van der Waals surface area contributed by atoms with Crippen molar-refractivity contribution in [2.45, 2.75) is 12.5 Å². The molecule has 0 N–H and O–H groups in total. The Labute approximate surface area is 171 Å². The van der Waals surface area contributed by atoms with Gasteiger partial charge in [0.2, 0.25) is 0 Å². The van der Waals surface area contributed by atoms with Crippen LogP contribution >= 0.6 is 11.3 Å². The summed E-state index contributed by atoms with van der Waals surface area (Å²) in [7, 11) is 1.60. The number of carbonyl (C=O) groups is 1. The molecule has 2 aromatic carbocycles. The van der Waals surface area contributed by atoms with Crippen LogP contribution in [0.5, 0.6) is 5.75 Å². The fourth-order valence-corrected chi connectivity index (χ4v) is 3.95. The van der Waals surface area contributed by atoms with Gasteiger partial charge in [-0.3, -0.25) is 14.9 Å². The van der Waals surface area contributed by atoms with Crippen LogP contribution in [0.3, 0.4) is 0 Å². The molecule has 0 aliphatic carbocycles. The second-order valence-corrected chi connectivity index (χ2v) is 7.42. The lowest BCUT2D eigenvalue weighted by atomic mass is 10.0. The lowest BCUT2D eigenvalue weighted by molar-refractivity contribution is -0.384. The molecule has 1 aliphatic rings. The van der Waals surface area contributed by atoms with Crippen molar-refractivity contribution < 1.29 is 14.5 Å². The third kappa shape index (κ3) is 3.74. The van der Waals surface area contributed by atoms with Gasteiger partial charge < -0.3 is 4.74 Å². The maximum absolute atomic E-state index is 13.2. The molecular weight excluding hydrogens is 390 g/mol. The second kappa shape index (κ2) is 7.84. The minimum absolute atomic E-state index is 0.0579. The summed E-state index contributed by atoms with van der Waals surface area (Å²) in [5.41, 5.74) is 2.08. The molecule has 1 aromatic heterocycles. The number of nitrogens with zero attached hydrogens (tertiary/aromatic N) is 3. The van der Waals surface area contributed by atoms with E-state index in [0.717, 1.165) is 21.9 Å². The van der Waals surface area contributed by atoms with Crippen molar-refractivity contribution in [2.75, 3.05) is 7.11 Å². The summed E-state index contributed by atoms with van der Waals surface area (Å²) in [4.78, 5) is 24.6. The zero-order chi connectivity index (χ0) is 20.4. The van der Waals surface area contributed by atoms with Gasteiger partial charge in [0, 0.05) is 24.1 Å². The highest BCUT2D eigenvalue weighted by Crippen LogP contribution is 2.35. The largest absolute Gasteiger partial charge is 0.497 e. The van der Waals surface area contributed by atoms with Crippen molar-refractivity contribution >= 4 is 28.6 Å². The quantitative estimate of drug-likeness (QED) is 0.455. The molecule has 146 valence electrons. The number of benzene rings is 2. The summed E-state index contributed by atoms with van der Waals surface area (Å²) < 4.78 is 5.22. The van der Waals surface area contributed by atoms with E-state index in [-0.39, 0.29) is 17.6 Å². The maximum Gasteiger partial charge on any atom is 0.274 e. The van der Waals surface area contributed by atoms with Crippen LogP contribution in [0.25, 0.3) is 0 Å². The monoisotopic (exact) mass is 407 g/mol. The van der Waals surface area contributed by atoms with Crippen LogP contribution in [-0.4, -0.2) is 28.7 Å². The molecule has 8 heteroatoms. The predicted octanol–water partition coefficient (Wildman–Crippen LogP) is 4.66. The smallest absolute Gasteiger partial charge is 0.274 e. The highest BCUT2D eigenvalue weighted by molar-refractivity contribution is 7.12. The van der Waals surface area contributed by atoms with Crippen LogP contribution in [0.15, 0.2) is 71.1 Å². The van der Waals surface area contributed by atoms with Crippen LogP contribution in [-0.2, 0) is 0 Å². The van der Waals surface area contributed by atoms with E-state index in [0.29, 0.717) is 12.0 Å². The molecule has 1 amide bonds. The number of non-ortho nitro benzene ring substituents is 1. The van der Waals surface area contributed by atoms with Crippen LogP contribution < -0.4 is 4.74 Å². The van der Waals surface area contributed by atoms with Crippen molar-refractivity contribution in [3.05, 3.63) is 92.2 Å². The number of rotatable bonds is 5. The standard InChI is InChI=1S/C21H17N3O4S/c1-28-17-10-6-14(7-11-17)19-13-18(20-3-2-12-29-20)22-23(19)21(25)15-4-8-16(9-5-15)24(26)27/h2-12,19H,13H2,1H3. The number of methoxy groups -OCH3 is 1. The zero-order valence-corrected chi connectivity index (χ0v) is 16.3. The lowest BCUT2D eigenvalue weighted by Crippen LogP contribution is -2.27. The van der Waals surface area contributed by atoms with Gasteiger partial charge >= 0.3 is 0 Å². The molecule has 0 bridgehead atoms. The summed E-state index contributed by atoms with van der Waals surface area (Å²) in [6.07, 6.45) is 0.589. The molecule has 0 saturated carbocycles. The molecular formula is C21H17N3O4S. The molecule has 0 spiro atoms. The summed E-state index contributed by atoms with van der Waals surface area (Å²) >= 11 is 1.57. The van der Waals surface area contributed by atoms with E-state index in [1.165, 1.54) is 29.3 Å². The number of hydrogen-bond donors (Lipinski definition) is 0. The van der Waals surface area contributed by atoms with Gasteiger partial charge in [-0.15, -0.1) is 11.3 Å². The van der Waals surface area contributed by atoms with Crippen molar-refractivity contribution in [3.8, 4) is 5.75 Å². The topological polar surface area (TPSA) is 85.0 Å². The van der Waals surface area contributed by atoms with Gasteiger partial charge in [0.1, 0.15) is 5.75 Å². The van der Waals surface area contributed by atoms with Crippen molar-refractivity contribution in [1.29, 1.82) is 0 Å². The Morgan fingerprint density at radius 2 is 1.90 bits per heavy atom. The zero-order valence-electron chi connectivity index (χ0n) is 15.5. The number of carbonyl (C=O) groups excluding carboxylic acids is 1. The molecule has 1 atom stereocenters. The minimum atomic E-state index is -0.489. The Morgan fingerprint density at radius 1 is 1.17 bits per heavy atom. The number of hydrazone groups is 1. The molecule has 0 saturated heterocycles. The number of amides is 1. The summed E-state index contributed by atoms with van der Waals surface area (Å²) in [6.45, 7) is 0. The highest BCUT2D eigenvalue weighted by atomic mass is 32.1. The van der Waals surface area contributed by atoms with Gasteiger partial charge in [0.15, 0.2) is 0 Å². The Balaban J connectivity index is 1.68. The van der Waals surface area contributed by atoms with Crippen LogP contribution in [0.2, 0.25) is 0 Å². The van der Waals surface area contributed by atoms with E-state index in [1.807, 2.05) is 41.8 Å². The lowest BCUT2D eigenvalue weighted by Gasteiger charge is -2.22. The summed E-state index contributed by atoms with van der Waals surface area (Å²) in [5.74, 6) is 0.437. The van der Waals surface area contributed by atoms with Crippen LogP contribution in [0, 0.1) is 10.1 Å². The first-order valence-electron chi connectivity index (χ1n) is 8.90. The molecule has 2 heterocycles. The van der Waals surface area contributed by atoms with E-state index in [1.54, 1.807) is 18.4 Å². The normalized spacial score (nSPS) is 15.8. The van der Waals surface area contributed by atoms with Crippen LogP contribution in [0.1, 0.15) is 33.3 Å². The van der Waals surface area contributed by atoms with Gasteiger partial charge in [0.25, 0.3) is 11.6 Å². The van der Waals surface area contributed by atoms with Crippen molar-refractivity contribution in [2.24, 2.45) is 5.10 Å². The number of hydrogen-bond acceptors (Lipinski definition) is 6. The third-order valence-corrected chi connectivity index (χ3v) is 5.67. The van der Waals surface area contributed by atoms with Gasteiger partial charge in [-0.25, -0.2) is 5.01 Å². The fourth-order valence-electron chi connectivity index (χ4n) is 3.23. The van der Waals surface area contributed by atoms with E-state index in [9.17, 15) is 14.9 Å². The average molecular weight is 407 g/mol. The minimum Gasteiger partial charge on any atom is -0.497 e. The fraction of sp³-hybridized carbons (Fsp3) is 0.143. The molecule has 1 unspecified atom stereocenters.